The fourth-order valence-electron chi connectivity index (χ4n) is 1.39. The number of aryl methyl sites for hydroxylation is 1. The van der Waals surface area contributed by atoms with E-state index in [0.29, 0.717) is 0 Å². The lowest BCUT2D eigenvalue weighted by molar-refractivity contribution is 1.46. The molecule has 0 radical (unpaired) electrons. The zero-order chi connectivity index (χ0) is 10.7. The SMILES string of the molecule is C=c1ccc(=[C+]c2ccc(C)cc2)cc1. The van der Waals surface area contributed by atoms with Crippen LogP contribution in [0.25, 0.3) is 12.7 Å². The third-order valence-electron chi connectivity index (χ3n) is 2.29. The highest BCUT2D eigenvalue weighted by Crippen LogP contribution is 2.02. The van der Waals surface area contributed by atoms with E-state index in [-0.39, 0.29) is 0 Å². The summed E-state index contributed by atoms with van der Waals surface area (Å²) < 4.78 is 0. The van der Waals surface area contributed by atoms with Gasteiger partial charge in [-0.15, -0.1) is 0 Å². The van der Waals surface area contributed by atoms with Crippen molar-refractivity contribution in [1.29, 1.82) is 0 Å². The van der Waals surface area contributed by atoms with Crippen LogP contribution in [0.2, 0.25) is 0 Å². The fourth-order valence-corrected chi connectivity index (χ4v) is 1.39. The summed E-state index contributed by atoms with van der Waals surface area (Å²) in [4.78, 5) is 0. The summed E-state index contributed by atoms with van der Waals surface area (Å²) in [5.74, 6) is 0. The molecule has 2 aromatic carbocycles. The van der Waals surface area contributed by atoms with Crippen LogP contribution in [0, 0.1) is 6.92 Å². The van der Waals surface area contributed by atoms with Crippen LogP contribution < -0.4 is 10.4 Å². The normalized spacial score (nSPS) is 9.67. The predicted octanol–water partition coefficient (Wildman–Crippen LogP) is 2.11. The molecule has 0 aromatic heterocycles. The Hall–Kier alpha value is -1.91. The van der Waals surface area contributed by atoms with Gasteiger partial charge in [0.1, 0.15) is 10.8 Å². The molecule has 0 fully saturated rings. The van der Waals surface area contributed by atoms with Gasteiger partial charge in [0, 0.05) is 30.3 Å². The van der Waals surface area contributed by atoms with Gasteiger partial charge in [0.15, 0.2) is 0 Å². The van der Waals surface area contributed by atoms with Crippen molar-refractivity contribution in [3.05, 3.63) is 70.1 Å². The maximum atomic E-state index is 3.85. The van der Waals surface area contributed by atoms with E-state index in [9.17, 15) is 0 Å². The smallest absolute Gasteiger partial charge is 0.0904 e. The summed E-state index contributed by atoms with van der Waals surface area (Å²) in [6.45, 7) is 5.94. The van der Waals surface area contributed by atoms with Gasteiger partial charge >= 0.3 is 0 Å². The zero-order valence-electron chi connectivity index (χ0n) is 8.83. The van der Waals surface area contributed by atoms with Crippen molar-refractivity contribution in [3.63, 3.8) is 0 Å². The Labute approximate surface area is 90.2 Å². The highest BCUT2D eigenvalue weighted by molar-refractivity contribution is 5.49. The minimum atomic E-state index is 1.03. The minimum absolute atomic E-state index is 1.03. The molecule has 0 atom stereocenters. The molecular weight excluding hydrogens is 180 g/mol. The van der Waals surface area contributed by atoms with E-state index >= 15 is 0 Å². The molecule has 0 heterocycles. The summed E-state index contributed by atoms with van der Waals surface area (Å²) in [5, 5.41) is 2.12. The summed E-state index contributed by atoms with van der Waals surface area (Å²) >= 11 is 0. The van der Waals surface area contributed by atoms with E-state index in [1.165, 1.54) is 5.56 Å². The first-order valence-electron chi connectivity index (χ1n) is 5.00. The van der Waals surface area contributed by atoms with Gasteiger partial charge in [-0.05, 0) is 42.0 Å². The van der Waals surface area contributed by atoms with Gasteiger partial charge in [0.25, 0.3) is 0 Å². The maximum absolute atomic E-state index is 3.85. The van der Waals surface area contributed by atoms with E-state index in [1.54, 1.807) is 0 Å². The standard InChI is InChI=1S/C15H13/c1-12-3-7-14(8-4-12)11-15-9-5-13(2)6-10-15/h3-10H,1H2,2H3/q+1. The van der Waals surface area contributed by atoms with Crippen LogP contribution >= 0.6 is 0 Å². The van der Waals surface area contributed by atoms with Crippen LogP contribution in [0.1, 0.15) is 11.1 Å². The van der Waals surface area contributed by atoms with Crippen molar-refractivity contribution < 1.29 is 0 Å². The zero-order valence-corrected chi connectivity index (χ0v) is 8.83. The van der Waals surface area contributed by atoms with Gasteiger partial charge in [0.05, 0.1) is 0 Å². The second-order valence-corrected chi connectivity index (χ2v) is 3.69. The Morgan fingerprint density at radius 3 is 2.07 bits per heavy atom. The van der Waals surface area contributed by atoms with Crippen molar-refractivity contribution in [2.24, 2.45) is 0 Å². The van der Waals surface area contributed by atoms with Crippen molar-refractivity contribution in [2.45, 2.75) is 6.92 Å². The molecule has 0 aliphatic carbocycles. The molecule has 0 amide bonds. The van der Waals surface area contributed by atoms with Crippen LogP contribution in [0.3, 0.4) is 0 Å². The first-order chi connectivity index (χ1) is 7.24. The molecule has 0 N–H and O–H groups in total. The monoisotopic (exact) mass is 193 g/mol. The molecule has 0 saturated heterocycles. The first-order valence-corrected chi connectivity index (χ1v) is 5.00. The molecular formula is C15H13+. The topological polar surface area (TPSA) is 0 Å². The molecule has 0 aliphatic rings. The first kappa shape index (κ1) is 9.64. The van der Waals surface area contributed by atoms with E-state index in [4.69, 9.17) is 0 Å². The van der Waals surface area contributed by atoms with Crippen molar-refractivity contribution in [1.82, 2.24) is 0 Å². The minimum Gasteiger partial charge on any atom is -0.0904 e. The van der Waals surface area contributed by atoms with E-state index in [1.807, 2.05) is 24.3 Å². The molecule has 72 valence electrons. The second-order valence-electron chi connectivity index (χ2n) is 3.69. The highest BCUT2D eigenvalue weighted by atomic mass is 13.9. The Balaban J connectivity index is 2.42. The second kappa shape index (κ2) is 4.08. The van der Waals surface area contributed by atoms with Crippen LogP contribution in [0.15, 0.2) is 48.5 Å². The number of hydrogen-bond acceptors (Lipinski definition) is 0. The third kappa shape index (κ3) is 2.52. The van der Waals surface area contributed by atoms with Gasteiger partial charge in [-0.2, -0.15) is 0 Å². The lowest BCUT2D eigenvalue weighted by atomic mass is 10.1. The molecule has 0 aliphatic heterocycles. The van der Waals surface area contributed by atoms with E-state index in [2.05, 4.69) is 43.8 Å². The van der Waals surface area contributed by atoms with Crippen LogP contribution in [0.4, 0.5) is 0 Å². The lowest BCUT2D eigenvalue weighted by Gasteiger charge is -1.87. The van der Waals surface area contributed by atoms with E-state index < -0.39 is 0 Å². The van der Waals surface area contributed by atoms with Gasteiger partial charge in [-0.25, -0.2) is 0 Å². The molecule has 0 bridgehead atoms. The Morgan fingerprint density at radius 2 is 1.47 bits per heavy atom. The Kier molecular flexibility index (Phi) is 2.62. The van der Waals surface area contributed by atoms with Crippen molar-refractivity contribution >= 4 is 12.7 Å². The quantitative estimate of drug-likeness (QED) is 0.608. The lowest BCUT2D eigenvalue weighted by Crippen LogP contribution is -2.05. The molecule has 0 saturated carbocycles. The fraction of sp³-hybridized carbons (Fsp3) is 0.0667. The van der Waals surface area contributed by atoms with Gasteiger partial charge in [-0.3, -0.25) is 0 Å². The number of hydrogen-bond donors (Lipinski definition) is 0. The highest BCUT2D eigenvalue weighted by Gasteiger charge is 1.94. The molecule has 0 nitrogen and oxygen atoms in total. The number of benzene rings is 2. The maximum Gasteiger partial charge on any atom is 0.122 e. The van der Waals surface area contributed by atoms with Crippen LogP contribution in [-0.2, 0) is 0 Å². The average molecular weight is 193 g/mol. The molecule has 2 rings (SSSR count). The molecule has 0 unspecified atom stereocenters. The molecule has 0 heteroatoms. The van der Waals surface area contributed by atoms with Gasteiger partial charge < -0.3 is 0 Å². The van der Waals surface area contributed by atoms with Gasteiger partial charge in [0.2, 0.25) is 0 Å². The Bertz CT molecular complexity index is 524. The average Bonchev–Trinajstić information content (AvgIpc) is 2.25. The van der Waals surface area contributed by atoms with Gasteiger partial charge in [-0.1, -0.05) is 6.58 Å². The molecule has 0 spiro atoms. The summed E-state index contributed by atoms with van der Waals surface area (Å²) in [5.41, 5.74) is 2.38. The van der Waals surface area contributed by atoms with Crippen LogP contribution in [0.5, 0.6) is 0 Å². The third-order valence-corrected chi connectivity index (χ3v) is 2.29. The van der Waals surface area contributed by atoms with E-state index in [0.717, 1.165) is 16.0 Å². The van der Waals surface area contributed by atoms with Crippen molar-refractivity contribution in [3.8, 4) is 0 Å². The summed E-state index contributed by atoms with van der Waals surface area (Å²) in [6.07, 6.45) is 3.33. The van der Waals surface area contributed by atoms with Crippen LogP contribution in [-0.4, -0.2) is 0 Å². The van der Waals surface area contributed by atoms with Crippen molar-refractivity contribution in [2.75, 3.05) is 0 Å². The summed E-state index contributed by atoms with van der Waals surface area (Å²) in [6, 6.07) is 16.4. The summed E-state index contributed by atoms with van der Waals surface area (Å²) in [7, 11) is 0. The number of rotatable bonds is 1. The largest absolute Gasteiger partial charge is 0.122 e. The Morgan fingerprint density at radius 1 is 0.867 bits per heavy atom. The predicted molar refractivity (Wildman–Crippen MR) is 64.9 cm³/mol. The molecule has 15 heavy (non-hydrogen) atoms. The molecule has 2 aromatic rings.